The van der Waals surface area contributed by atoms with Crippen molar-refractivity contribution in [3.8, 4) is 5.75 Å². The van der Waals surface area contributed by atoms with E-state index in [1.54, 1.807) is 7.11 Å². The second kappa shape index (κ2) is 9.79. The normalized spacial score (nSPS) is 12.5. The lowest BCUT2D eigenvalue weighted by atomic mass is 10.2. The zero-order valence-corrected chi connectivity index (χ0v) is 17.5. The third-order valence-corrected chi connectivity index (χ3v) is 6.35. The van der Waals surface area contributed by atoms with Gasteiger partial charge in [0, 0.05) is 25.5 Å². The van der Waals surface area contributed by atoms with Crippen LogP contribution in [0.25, 0.3) is 0 Å². The molecule has 0 heterocycles. The SMILES string of the molecule is CCOP(=O)(OCC)C(Nc1ccc(OC)cc1)c1ccc(N(C)C)cc1. The first kappa shape index (κ1) is 21.3. The van der Waals surface area contributed by atoms with E-state index in [4.69, 9.17) is 13.8 Å². The van der Waals surface area contributed by atoms with Crippen LogP contribution in [-0.4, -0.2) is 34.4 Å². The predicted octanol–water partition coefficient (Wildman–Crippen LogP) is 5.14. The zero-order chi connectivity index (χ0) is 19.9. The summed E-state index contributed by atoms with van der Waals surface area (Å²) in [5, 5.41) is 3.32. The number of rotatable bonds is 10. The van der Waals surface area contributed by atoms with Gasteiger partial charge < -0.3 is 24.0 Å². The van der Waals surface area contributed by atoms with E-state index in [1.807, 2.05) is 81.4 Å². The van der Waals surface area contributed by atoms with E-state index in [9.17, 15) is 4.57 Å². The van der Waals surface area contributed by atoms with Gasteiger partial charge >= 0.3 is 7.60 Å². The van der Waals surface area contributed by atoms with Crippen LogP contribution in [0.1, 0.15) is 25.2 Å². The molecule has 0 spiro atoms. The third-order valence-electron chi connectivity index (χ3n) is 4.05. The summed E-state index contributed by atoms with van der Waals surface area (Å²) in [5.74, 6) is 0.132. The Labute approximate surface area is 162 Å². The van der Waals surface area contributed by atoms with Gasteiger partial charge in [-0.2, -0.15) is 0 Å². The predicted molar refractivity (Wildman–Crippen MR) is 111 cm³/mol. The van der Waals surface area contributed by atoms with Gasteiger partial charge in [0.15, 0.2) is 5.78 Å². The number of nitrogens with one attached hydrogen (secondary N) is 1. The van der Waals surface area contributed by atoms with Crippen LogP contribution in [0.4, 0.5) is 11.4 Å². The molecule has 0 amide bonds. The Morgan fingerprint density at radius 2 is 1.52 bits per heavy atom. The molecule has 2 aromatic carbocycles. The molecule has 148 valence electrons. The average molecular weight is 392 g/mol. The number of anilines is 2. The quantitative estimate of drug-likeness (QED) is 0.565. The highest BCUT2D eigenvalue weighted by atomic mass is 31.2. The number of hydrogen-bond donors (Lipinski definition) is 1. The molecule has 0 aliphatic carbocycles. The van der Waals surface area contributed by atoms with Gasteiger partial charge in [-0.05, 0) is 55.8 Å². The van der Waals surface area contributed by atoms with Gasteiger partial charge in [0.1, 0.15) is 5.75 Å². The van der Waals surface area contributed by atoms with Crippen LogP contribution in [0.2, 0.25) is 0 Å². The molecule has 0 aliphatic heterocycles. The number of hydrogen-bond acceptors (Lipinski definition) is 6. The van der Waals surface area contributed by atoms with Crippen molar-refractivity contribution >= 4 is 19.0 Å². The lowest BCUT2D eigenvalue weighted by Crippen LogP contribution is -2.16. The van der Waals surface area contributed by atoms with Crippen LogP contribution >= 0.6 is 7.60 Å². The first-order valence-corrected chi connectivity index (χ1v) is 10.6. The fourth-order valence-electron chi connectivity index (χ4n) is 2.69. The van der Waals surface area contributed by atoms with Crippen molar-refractivity contribution in [2.24, 2.45) is 0 Å². The lowest BCUT2D eigenvalue weighted by Gasteiger charge is -2.28. The molecule has 1 unspecified atom stereocenters. The molecule has 7 heteroatoms. The highest BCUT2D eigenvalue weighted by Gasteiger charge is 2.37. The van der Waals surface area contributed by atoms with Crippen LogP contribution in [0, 0.1) is 0 Å². The first-order valence-electron chi connectivity index (χ1n) is 9.00. The molecule has 1 atom stereocenters. The minimum Gasteiger partial charge on any atom is -0.497 e. The minimum absolute atomic E-state index is 0.299. The van der Waals surface area contributed by atoms with E-state index in [0.29, 0.717) is 13.2 Å². The van der Waals surface area contributed by atoms with Crippen molar-refractivity contribution in [1.82, 2.24) is 0 Å². The number of methoxy groups -OCH3 is 1. The van der Waals surface area contributed by atoms with E-state index < -0.39 is 13.4 Å². The molecule has 0 aromatic heterocycles. The Hall–Kier alpha value is -2.01. The number of ether oxygens (including phenoxy) is 1. The molecular formula is C20H29N2O4P. The molecule has 0 fully saturated rings. The molecule has 0 saturated carbocycles. The molecule has 0 saturated heterocycles. The Bertz CT molecular complexity index is 738. The molecule has 27 heavy (non-hydrogen) atoms. The molecular weight excluding hydrogens is 363 g/mol. The van der Waals surface area contributed by atoms with Crippen molar-refractivity contribution in [1.29, 1.82) is 0 Å². The Morgan fingerprint density at radius 3 is 1.96 bits per heavy atom. The van der Waals surface area contributed by atoms with E-state index in [0.717, 1.165) is 22.7 Å². The first-order chi connectivity index (χ1) is 12.9. The van der Waals surface area contributed by atoms with Crippen molar-refractivity contribution in [3.05, 3.63) is 54.1 Å². The maximum Gasteiger partial charge on any atom is 0.357 e. The monoisotopic (exact) mass is 392 g/mol. The van der Waals surface area contributed by atoms with Crippen LogP contribution in [0.5, 0.6) is 5.75 Å². The van der Waals surface area contributed by atoms with Crippen molar-refractivity contribution < 1.29 is 18.3 Å². The second-order valence-electron chi connectivity index (χ2n) is 6.14. The van der Waals surface area contributed by atoms with Gasteiger partial charge in [-0.3, -0.25) is 4.57 Å². The largest absolute Gasteiger partial charge is 0.497 e. The fourth-order valence-corrected chi connectivity index (χ4v) is 4.63. The molecule has 0 bridgehead atoms. The van der Waals surface area contributed by atoms with Gasteiger partial charge in [-0.25, -0.2) is 0 Å². The second-order valence-corrected chi connectivity index (χ2v) is 8.25. The molecule has 0 aliphatic rings. The maximum absolute atomic E-state index is 13.5. The van der Waals surface area contributed by atoms with Crippen LogP contribution in [-0.2, 0) is 13.6 Å². The van der Waals surface area contributed by atoms with E-state index >= 15 is 0 Å². The van der Waals surface area contributed by atoms with E-state index in [2.05, 4.69) is 5.32 Å². The number of benzene rings is 2. The summed E-state index contributed by atoms with van der Waals surface area (Å²) in [6.45, 7) is 4.22. The summed E-state index contributed by atoms with van der Waals surface area (Å²) in [4.78, 5) is 2.01. The van der Waals surface area contributed by atoms with Crippen LogP contribution in [0.3, 0.4) is 0 Å². The van der Waals surface area contributed by atoms with E-state index in [1.165, 1.54) is 0 Å². The smallest absolute Gasteiger partial charge is 0.357 e. The fraction of sp³-hybridized carbons (Fsp3) is 0.400. The summed E-state index contributed by atoms with van der Waals surface area (Å²) in [5.41, 5.74) is 2.70. The van der Waals surface area contributed by atoms with Gasteiger partial charge in [0.05, 0.1) is 20.3 Å². The lowest BCUT2D eigenvalue weighted by molar-refractivity contribution is 0.214. The molecule has 2 aromatic rings. The standard InChI is InChI=1S/C20H29N2O4P/c1-6-25-27(23,26-7-2)20(16-8-12-18(13-9-16)22(3)4)21-17-10-14-19(24-5)15-11-17/h8-15,20-21H,6-7H2,1-5H3. The molecule has 6 nitrogen and oxygen atoms in total. The van der Waals surface area contributed by atoms with Gasteiger partial charge in [0.2, 0.25) is 0 Å². The summed E-state index contributed by atoms with van der Waals surface area (Å²) in [7, 11) is 2.15. The molecule has 1 N–H and O–H groups in total. The highest BCUT2D eigenvalue weighted by molar-refractivity contribution is 7.54. The Morgan fingerprint density at radius 1 is 0.963 bits per heavy atom. The molecule has 0 radical (unpaired) electrons. The minimum atomic E-state index is -3.43. The third kappa shape index (κ3) is 5.48. The highest BCUT2D eigenvalue weighted by Crippen LogP contribution is 2.60. The van der Waals surface area contributed by atoms with Crippen molar-refractivity contribution in [3.63, 3.8) is 0 Å². The Kier molecular flexibility index (Phi) is 7.72. The summed E-state index contributed by atoms with van der Waals surface area (Å²) in [6, 6.07) is 15.3. The van der Waals surface area contributed by atoms with Crippen molar-refractivity contribution in [2.75, 3.05) is 44.6 Å². The molecule has 2 rings (SSSR count). The Balaban J connectivity index is 2.41. The zero-order valence-electron chi connectivity index (χ0n) is 16.6. The summed E-state index contributed by atoms with van der Waals surface area (Å²) in [6.07, 6.45) is 0. The van der Waals surface area contributed by atoms with Gasteiger partial charge in [-0.1, -0.05) is 12.1 Å². The van der Waals surface area contributed by atoms with Gasteiger partial charge in [-0.15, -0.1) is 0 Å². The number of nitrogens with zero attached hydrogens (tertiary/aromatic N) is 1. The summed E-state index contributed by atoms with van der Waals surface area (Å²) < 4.78 is 30.0. The van der Waals surface area contributed by atoms with Crippen molar-refractivity contribution in [2.45, 2.75) is 19.6 Å². The maximum atomic E-state index is 13.5. The van der Waals surface area contributed by atoms with Gasteiger partial charge in [0.25, 0.3) is 0 Å². The van der Waals surface area contributed by atoms with Crippen LogP contribution in [0.15, 0.2) is 48.5 Å². The van der Waals surface area contributed by atoms with Crippen LogP contribution < -0.4 is 15.0 Å². The topological polar surface area (TPSA) is 60.0 Å². The summed E-state index contributed by atoms with van der Waals surface area (Å²) >= 11 is 0. The average Bonchev–Trinajstić information content (AvgIpc) is 2.67. The van der Waals surface area contributed by atoms with E-state index in [-0.39, 0.29) is 0 Å².